The molecule has 0 atom stereocenters. The Bertz CT molecular complexity index is 928. The normalized spacial score (nSPS) is 12.7. The third kappa shape index (κ3) is 2.48. The first-order chi connectivity index (χ1) is 11.2. The predicted octanol–water partition coefficient (Wildman–Crippen LogP) is 3.69. The Morgan fingerprint density at radius 3 is 1.83 bits per heavy atom. The van der Waals surface area contributed by atoms with E-state index in [1.54, 1.807) is 24.3 Å². The van der Waals surface area contributed by atoms with Crippen LogP contribution in [0.25, 0.3) is 0 Å². The van der Waals surface area contributed by atoms with E-state index in [0.717, 1.165) is 9.55 Å². The van der Waals surface area contributed by atoms with Gasteiger partial charge in [-0.15, -0.1) is 22.7 Å². The van der Waals surface area contributed by atoms with Crippen LogP contribution in [0.1, 0.15) is 36.0 Å². The Morgan fingerprint density at radius 2 is 1.26 bits per heavy atom. The topological polar surface area (TPSA) is 46.5 Å². The van der Waals surface area contributed by atoms with Crippen molar-refractivity contribution in [3.8, 4) is 0 Å². The summed E-state index contributed by atoms with van der Waals surface area (Å²) in [7, 11) is 0. The van der Waals surface area contributed by atoms with Crippen molar-refractivity contribution in [1.29, 1.82) is 0 Å². The Hall–Kier alpha value is -2.37. The van der Waals surface area contributed by atoms with Gasteiger partial charge in [0.05, 0.1) is 16.3 Å². The monoisotopic (exact) mass is 337 g/mol. The molecule has 0 fully saturated rings. The fourth-order valence-electron chi connectivity index (χ4n) is 2.51. The van der Waals surface area contributed by atoms with E-state index in [1.165, 1.54) is 22.7 Å². The molecule has 0 saturated carbocycles. The molecule has 1 aliphatic carbocycles. The van der Waals surface area contributed by atoms with Crippen molar-refractivity contribution in [2.45, 2.75) is 6.54 Å². The molecule has 112 valence electrons. The fraction of sp³-hybridized carbons (Fsp3) is 0.0556. The maximum absolute atomic E-state index is 12.6. The number of fused-ring (bicyclic) bond motifs is 2. The number of carbonyl (C=O) groups excluding carboxylic acids is 2. The zero-order chi connectivity index (χ0) is 15.8. The molecule has 4 rings (SSSR count). The summed E-state index contributed by atoms with van der Waals surface area (Å²) in [6, 6.07) is 16.9. The van der Waals surface area contributed by atoms with Crippen molar-refractivity contribution in [1.82, 2.24) is 0 Å². The van der Waals surface area contributed by atoms with E-state index in [1.807, 2.05) is 30.3 Å². The lowest BCUT2D eigenvalue weighted by molar-refractivity contribution is 0.0985. The van der Waals surface area contributed by atoms with Gasteiger partial charge in [0, 0.05) is 11.1 Å². The molecule has 2 aromatic carbocycles. The summed E-state index contributed by atoms with van der Waals surface area (Å²) >= 11 is 2.62. The van der Waals surface area contributed by atoms with E-state index in [4.69, 9.17) is 0 Å². The average Bonchev–Trinajstić information content (AvgIpc) is 3.04. The van der Waals surface area contributed by atoms with Crippen LogP contribution in [0.3, 0.4) is 0 Å². The van der Waals surface area contributed by atoms with E-state index < -0.39 is 0 Å². The molecule has 0 bridgehead atoms. The molecule has 23 heavy (non-hydrogen) atoms. The van der Waals surface area contributed by atoms with Gasteiger partial charge in [0.2, 0.25) is 11.6 Å². The van der Waals surface area contributed by atoms with Crippen LogP contribution in [0, 0.1) is 0 Å². The Kier molecular flexibility index (Phi) is 3.52. The number of hydrogen-bond acceptors (Lipinski definition) is 5. The molecule has 0 amide bonds. The van der Waals surface area contributed by atoms with Crippen LogP contribution in [-0.4, -0.2) is 11.6 Å². The maximum atomic E-state index is 12.6. The minimum Gasteiger partial charge on any atom is -0.288 e. The molecule has 0 saturated heterocycles. The number of ketones is 2. The minimum atomic E-state index is -0.0717. The highest BCUT2D eigenvalue weighted by molar-refractivity contribution is 7.30. The standard InChI is InChI=1S/C18H11NO2S2/c20-14-12-8-4-5-9-13(12)15(21)17-16(14)22-18(23-17)19-10-11-6-2-1-3-7-11/h1-9H,10H2. The van der Waals surface area contributed by atoms with Gasteiger partial charge in [0.1, 0.15) is 0 Å². The lowest BCUT2D eigenvalue weighted by Gasteiger charge is -2.12. The lowest BCUT2D eigenvalue weighted by Crippen LogP contribution is -2.17. The van der Waals surface area contributed by atoms with E-state index in [2.05, 4.69) is 4.99 Å². The molecule has 0 spiro atoms. The summed E-state index contributed by atoms with van der Waals surface area (Å²) in [5, 5.41) is 0. The first kappa shape index (κ1) is 14.2. The number of benzene rings is 2. The Labute approximate surface area is 140 Å². The van der Waals surface area contributed by atoms with Crippen molar-refractivity contribution < 1.29 is 9.59 Å². The van der Waals surface area contributed by atoms with Crippen molar-refractivity contribution in [2.75, 3.05) is 0 Å². The average molecular weight is 337 g/mol. The second-order valence-corrected chi connectivity index (χ2v) is 7.39. The SMILES string of the molecule is O=C1c2ccccc2C(=O)c2sc(=NCc3ccccc3)sc21. The molecule has 1 aliphatic rings. The van der Waals surface area contributed by atoms with Crippen LogP contribution in [0.4, 0.5) is 0 Å². The van der Waals surface area contributed by atoms with Gasteiger partial charge in [0.15, 0.2) is 3.98 Å². The Morgan fingerprint density at radius 1 is 0.739 bits per heavy atom. The second-order valence-electron chi connectivity index (χ2n) is 5.13. The number of carbonyl (C=O) groups is 2. The van der Waals surface area contributed by atoms with Gasteiger partial charge < -0.3 is 0 Å². The molecule has 3 aromatic rings. The lowest BCUT2D eigenvalue weighted by atomic mass is 9.93. The highest BCUT2D eigenvalue weighted by Gasteiger charge is 2.31. The minimum absolute atomic E-state index is 0.0717. The zero-order valence-electron chi connectivity index (χ0n) is 12.0. The second kappa shape index (κ2) is 5.68. The van der Waals surface area contributed by atoms with Crippen molar-refractivity contribution >= 4 is 34.2 Å². The summed E-state index contributed by atoms with van der Waals surface area (Å²) < 4.78 is 0.758. The number of hydrogen-bond donors (Lipinski definition) is 0. The predicted molar refractivity (Wildman–Crippen MR) is 91.2 cm³/mol. The molecular weight excluding hydrogens is 326 g/mol. The van der Waals surface area contributed by atoms with E-state index in [0.29, 0.717) is 27.4 Å². The number of nitrogens with zero attached hydrogens (tertiary/aromatic N) is 1. The Balaban J connectivity index is 1.75. The third-order valence-corrected chi connectivity index (χ3v) is 6.07. The van der Waals surface area contributed by atoms with E-state index >= 15 is 0 Å². The molecule has 5 heteroatoms. The summed E-state index contributed by atoms with van der Waals surface area (Å²) in [5.41, 5.74) is 2.09. The van der Waals surface area contributed by atoms with Gasteiger partial charge in [-0.1, -0.05) is 54.6 Å². The maximum Gasteiger partial charge on any atom is 0.205 e. The molecule has 1 aromatic heterocycles. The summed E-state index contributed by atoms with van der Waals surface area (Å²) in [4.78, 5) is 30.7. The smallest absolute Gasteiger partial charge is 0.205 e. The van der Waals surface area contributed by atoms with E-state index in [9.17, 15) is 9.59 Å². The van der Waals surface area contributed by atoms with Crippen molar-refractivity contribution in [3.63, 3.8) is 0 Å². The number of rotatable bonds is 2. The van der Waals surface area contributed by atoms with Crippen LogP contribution >= 0.6 is 22.7 Å². The first-order valence-corrected chi connectivity index (χ1v) is 8.74. The molecular formula is C18H11NO2S2. The summed E-state index contributed by atoms with van der Waals surface area (Å²) in [5.74, 6) is -0.143. The van der Waals surface area contributed by atoms with Gasteiger partial charge in [-0.25, -0.2) is 0 Å². The largest absolute Gasteiger partial charge is 0.288 e. The van der Waals surface area contributed by atoms with Gasteiger partial charge in [-0.3, -0.25) is 14.6 Å². The molecule has 0 aliphatic heterocycles. The van der Waals surface area contributed by atoms with Crippen LogP contribution in [0.15, 0.2) is 59.6 Å². The molecule has 0 unspecified atom stereocenters. The van der Waals surface area contributed by atoms with Gasteiger partial charge in [0.25, 0.3) is 0 Å². The highest BCUT2D eigenvalue weighted by atomic mass is 32.2. The fourth-order valence-corrected chi connectivity index (χ4v) is 4.81. The van der Waals surface area contributed by atoms with Crippen molar-refractivity contribution in [2.24, 2.45) is 4.99 Å². The van der Waals surface area contributed by atoms with Crippen LogP contribution < -0.4 is 3.98 Å². The summed E-state index contributed by atoms with van der Waals surface area (Å²) in [6.07, 6.45) is 0. The highest BCUT2D eigenvalue weighted by Crippen LogP contribution is 2.31. The van der Waals surface area contributed by atoms with Crippen LogP contribution in [0.5, 0.6) is 0 Å². The van der Waals surface area contributed by atoms with Crippen LogP contribution in [0.2, 0.25) is 0 Å². The zero-order valence-corrected chi connectivity index (χ0v) is 13.6. The van der Waals surface area contributed by atoms with E-state index in [-0.39, 0.29) is 11.6 Å². The van der Waals surface area contributed by atoms with Gasteiger partial charge in [-0.05, 0) is 5.56 Å². The van der Waals surface area contributed by atoms with Gasteiger partial charge >= 0.3 is 0 Å². The third-order valence-electron chi connectivity index (χ3n) is 3.65. The van der Waals surface area contributed by atoms with Crippen molar-refractivity contribution in [3.05, 3.63) is 85.0 Å². The first-order valence-electron chi connectivity index (χ1n) is 7.11. The molecule has 3 nitrogen and oxygen atoms in total. The summed E-state index contributed by atoms with van der Waals surface area (Å²) in [6.45, 7) is 0.548. The molecule has 1 heterocycles. The molecule has 0 radical (unpaired) electrons. The van der Waals surface area contributed by atoms with Crippen LogP contribution in [-0.2, 0) is 6.54 Å². The van der Waals surface area contributed by atoms with Gasteiger partial charge in [-0.2, -0.15) is 0 Å². The molecule has 0 N–H and O–H groups in total. The quantitative estimate of drug-likeness (QED) is 0.560.